The van der Waals surface area contributed by atoms with Crippen molar-refractivity contribution in [3.63, 3.8) is 0 Å². The van der Waals surface area contributed by atoms with Crippen molar-refractivity contribution in [3.05, 3.63) is 23.3 Å². The Kier molecular flexibility index (Phi) is 2.56. The van der Waals surface area contributed by atoms with Gasteiger partial charge in [0.25, 0.3) is 5.91 Å². The van der Waals surface area contributed by atoms with Crippen molar-refractivity contribution in [2.24, 2.45) is 0 Å². The molecule has 0 aliphatic carbocycles. The number of anilines is 1. The van der Waals surface area contributed by atoms with E-state index in [4.69, 9.17) is 21.0 Å². The van der Waals surface area contributed by atoms with Gasteiger partial charge in [0.05, 0.1) is 22.4 Å². The van der Waals surface area contributed by atoms with Gasteiger partial charge in [0, 0.05) is 19.0 Å². The van der Waals surface area contributed by atoms with Crippen LogP contribution in [0.5, 0.6) is 5.75 Å². The zero-order valence-corrected chi connectivity index (χ0v) is 8.83. The molecule has 0 saturated carbocycles. The van der Waals surface area contributed by atoms with Crippen LogP contribution in [0.3, 0.4) is 0 Å². The first kappa shape index (κ1) is 8.05. The second-order valence-electron chi connectivity index (χ2n) is 3.08. The van der Waals surface area contributed by atoms with E-state index in [0.29, 0.717) is 5.56 Å². The van der Waals surface area contributed by atoms with Crippen LogP contribution in [0.1, 0.15) is 20.0 Å². The number of ether oxygens (including phenoxy) is 1. The molecule has 0 unspecified atom stereocenters. The van der Waals surface area contributed by atoms with E-state index in [9.17, 15) is 4.79 Å². The zero-order valence-electron chi connectivity index (χ0n) is 11.8. The molecule has 4 heteroatoms. The SMILES string of the molecule is [2H]C([2H])([2H])Oc1c(CC#C)ccc(C(=O)NC)c1N. The highest BCUT2D eigenvalue weighted by molar-refractivity contribution is 6.00. The second kappa shape index (κ2) is 5.08. The van der Waals surface area contributed by atoms with Crippen LogP contribution >= 0.6 is 0 Å². The van der Waals surface area contributed by atoms with E-state index in [2.05, 4.69) is 11.2 Å². The first-order valence-corrected chi connectivity index (χ1v) is 4.56. The molecule has 0 bridgehead atoms. The molecule has 3 N–H and O–H groups in total. The maximum Gasteiger partial charge on any atom is 0.253 e. The van der Waals surface area contributed by atoms with Gasteiger partial charge in [-0.1, -0.05) is 6.07 Å². The van der Waals surface area contributed by atoms with E-state index in [0.717, 1.165) is 0 Å². The van der Waals surface area contributed by atoms with Gasteiger partial charge < -0.3 is 15.8 Å². The number of nitrogens with one attached hydrogen (secondary N) is 1. The highest BCUT2D eigenvalue weighted by atomic mass is 16.5. The van der Waals surface area contributed by atoms with Gasteiger partial charge in [0.2, 0.25) is 0 Å². The van der Waals surface area contributed by atoms with Crippen LogP contribution in [0.25, 0.3) is 0 Å². The van der Waals surface area contributed by atoms with Crippen molar-refractivity contribution in [3.8, 4) is 18.1 Å². The van der Waals surface area contributed by atoms with E-state index in [1.807, 2.05) is 0 Å². The van der Waals surface area contributed by atoms with Crippen LogP contribution in [0.4, 0.5) is 5.69 Å². The molecule has 0 radical (unpaired) electrons. The highest BCUT2D eigenvalue weighted by Gasteiger charge is 2.15. The van der Waals surface area contributed by atoms with E-state index in [1.54, 1.807) is 0 Å². The Balaban J connectivity index is 3.36. The monoisotopic (exact) mass is 221 g/mol. The van der Waals surface area contributed by atoms with Crippen molar-refractivity contribution in [1.29, 1.82) is 0 Å². The maximum absolute atomic E-state index is 11.6. The summed E-state index contributed by atoms with van der Waals surface area (Å²) >= 11 is 0. The summed E-state index contributed by atoms with van der Waals surface area (Å²) in [5.41, 5.74) is 6.34. The summed E-state index contributed by atoms with van der Waals surface area (Å²) in [4.78, 5) is 11.6. The Hall–Kier alpha value is -2.15. The highest BCUT2D eigenvalue weighted by Crippen LogP contribution is 2.30. The Labute approximate surface area is 99.0 Å². The number of nitrogen functional groups attached to an aromatic ring is 1. The molecule has 0 spiro atoms. The minimum absolute atomic E-state index is 0.0387. The Morgan fingerprint density at radius 1 is 1.75 bits per heavy atom. The lowest BCUT2D eigenvalue weighted by Crippen LogP contribution is -2.19. The molecular weight excluding hydrogens is 204 g/mol. The molecule has 0 atom stereocenters. The summed E-state index contributed by atoms with van der Waals surface area (Å²) in [5, 5.41) is 2.41. The zero-order chi connectivity index (χ0) is 14.6. The van der Waals surface area contributed by atoms with Crippen LogP contribution in [-0.4, -0.2) is 20.0 Å². The number of hydrogen-bond donors (Lipinski definition) is 2. The Morgan fingerprint density at radius 3 is 3.06 bits per heavy atom. The molecule has 0 heterocycles. The first-order chi connectivity index (χ1) is 8.80. The molecule has 16 heavy (non-hydrogen) atoms. The van der Waals surface area contributed by atoms with Crippen molar-refractivity contribution in [1.82, 2.24) is 5.32 Å². The second-order valence-corrected chi connectivity index (χ2v) is 3.08. The fourth-order valence-electron chi connectivity index (χ4n) is 1.35. The maximum atomic E-state index is 11.6. The molecule has 1 aromatic rings. The van der Waals surface area contributed by atoms with Crippen LogP contribution in [-0.2, 0) is 6.42 Å². The van der Waals surface area contributed by atoms with Crippen molar-refractivity contribution < 1.29 is 13.6 Å². The topological polar surface area (TPSA) is 64.3 Å². The Morgan fingerprint density at radius 2 is 2.50 bits per heavy atom. The minimum atomic E-state index is -2.67. The van der Waals surface area contributed by atoms with Crippen molar-refractivity contribution >= 4 is 11.6 Å². The molecule has 0 aliphatic heterocycles. The number of terminal acetylenes is 1. The number of rotatable bonds is 3. The van der Waals surface area contributed by atoms with E-state index < -0.39 is 12.9 Å². The average Bonchev–Trinajstić information content (AvgIpc) is 2.32. The molecule has 0 saturated heterocycles. The minimum Gasteiger partial charge on any atom is -0.494 e. The van der Waals surface area contributed by atoms with Crippen LogP contribution in [0, 0.1) is 12.3 Å². The quantitative estimate of drug-likeness (QED) is 0.586. The van der Waals surface area contributed by atoms with Crippen LogP contribution in [0.15, 0.2) is 12.1 Å². The Bertz CT molecular complexity index is 533. The fraction of sp³-hybridized carbons (Fsp3) is 0.250. The third kappa shape index (κ3) is 2.09. The fourth-order valence-corrected chi connectivity index (χ4v) is 1.35. The number of carbonyl (C=O) groups is 1. The van der Waals surface area contributed by atoms with Gasteiger partial charge in [-0.15, -0.1) is 12.3 Å². The number of nitrogens with two attached hydrogens (primary N) is 1. The summed E-state index contributed by atoms with van der Waals surface area (Å²) in [6.07, 6.45) is 5.36. The lowest BCUT2D eigenvalue weighted by molar-refractivity contribution is 0.0963. The number of carbonyl (C=O) groups excluding carboxylic acids is 1. The molecule has 84 valence electrons. The van der Waals surface area contributed by atoms with Gasteiger partial charge in [-0.25, -0.2) is 0 Å². The van der Waals surface area contributed by atoms with Crippen molar-refractivity contribution in [2.45, 2.75) is 6.42 Å². The van der Waals surface area contributed by atoms with Gasteiger partial charge in [0.1, 0.15) is 5.75 Å². The first-order valence-electron chi connectivity index (χ1n) is 6.06. The molecule has 0 fully saturated rings. The van der Waals surface area contributed by atoms with Gasteiger partial charge in [-0.3, -0.25) is 4.79 Å². The summed E-state index contributed by atoms with van der Waals surface area (Å²) in [6.45, 7) is 0. The van der Waals surface area contributed by atoms with Crippen LogP contribution < -0.4 is 15.8 Å². The summed E-state index contributed by atoms with van der Waals surface area (Å²) in [7, 11) is -1.22. The van der Waals surface area contributed by atoms with Crippen LogP contribution in [0.2, 0.25) is 0 Å². The van der Waals surface area contributed by atoms with E-state index in [1.165, 1.54) is 19.2 Å². The van der Waals surface area contributed by atoms with Crippen molar-refractivity contribution in [2.75, 3.05) is 19.8 Å². The normalized spacial score (nSPS) is 12.9. The molecule has 4 nitrogen and oxygen atoms in total. The van der Waals surface area contributed by atoms with E-state index >= 15 is 0 Å². The lowest BCUT2D eigenvalue weighted by Gasteiger charge is -2.12. The number of methoxy groups -OCH3 is 1. The van der Waals surface area contributed by atoms with E-state index in [-0.39, 0.29) is 23.4 Å². The van der Waals surface area contributed by atoms with Gasteiger partial charge in [0.15, 0.2) is 0 Å². The molecule has 1 aromatic carbocycles. The summed E-state index contributed by atoms with van der Waals surface area (Å²) < 4.78 is 26.2. The number of amides is 1. The molecule has 0 aliphatic rings. The molecular formula is C12H14N2O2. The molecule has 1 amide bonds. The standard InChI is InChI=1S/C12H14N2O2/c1-4-5-8-6-7-9(12(15)14-2)10(13)11(8)16-3/h1,6-7H,5,13H2,2-3H3,(H,14,15)/i3D3. The number of hydrogen-bond acceptors (Lipinski definition) is 3. The van der Waals surface area contributed by atoms with Gasteiger partial charge in [-0.2, -0.15) is 0 Å². The summed E-state index contributed by atoms with van der Waals surface area (Å²) in [6, 6.07) is 3.01. The lowest BCUT2D eigenvalue weighted by atomic mass is 10.0. The summed E-state index contributed by atoms with van der Waals surface area (Å²) in [5.74, 6) is 1.88. The van der Waals surface area contributed by atoms with Gasteiger partial charge >= 0.3 is 0 Å². The average molecular weight is 221 g/mol. The molecule has 0 aromatic heterocycles. The van der Waals surface area contributed by atoms with Gasteiger partial charge in [-0.05, 0) is 6.07 Å². The number of benzene rings is 1. The third-order valence-corrected chi connectivity index (χ3v) is 2.14. The smallest absolute Gasteiger partial charge is 0.253 e. The predicted octanol–water partition coefficient (Wildman–Crippen LogP) is 0.813. The molecule has 1 rings (SSSR count). The third-order valence-electron chi connectivity index (χ3n) is 2.14. The largest absolute Gasteiger partial charge is 0.494 e. The predicted molar refractivity (Wildman–Crippen MR) is 63.3 cm³/mol.